The summed E-state index contributed by atoms with van der Waals surface area (Å²) >= 11 is 0. The number of carboxylic acid groups (broad SMARTS) is 1. The summed E-state index contributed by atoms with van der Waals surface area (Å²) in [5.74, 6) is -1.31. The standard InChI is InChI=1S/C20H23N3O3/c1-13-7-9-14(10-8-13)23-16-6-4-5-15(16)17(22-23)18(24)21-20(19(25)26)11-2-3-12-20/h7-10H,2-6,11-12H2,1H3,(H,21,24)(H,25,26). The van der Waals surface area contributed by atoms with Gasteiger partial charge in [-0.25, -0.2) is 9.48 Å². The molecule has 0 aliphatic heterocycles. The van der Waals surface area contributed by atoms with Crippen LogP contribution in [0.25, 0.3) is 5.69 Å². The molecule has 1 fully saturated rings. The molecule has 0 unspecified atom stereocenters. The molecule has 2 aliphatic carbocycles. The number of carboxylic acids is 1. The van der Waals surface area contributed by atoms with E-state index < -0.39 is 11.5 Å². The highest BCUT2D eigenvalue weighted by atomic mass is 16.4. The highest BCUT2D eigenvalue weighted by Gasteiger charge is 2.43. The number of hydrogen-bond acceptors (Lipinski definition) is 3. The molecule has 2 aromatic rings. The lowest BCUT2D eigenvalue weighted by atomic mass is 9.97. The number of carbonyl (C=O) groups is 2. The van der Waals surface area contributed by atoms with E-state index in [-0.39, 0.29) is 5.91 Å². The van der Waals surface area contributed by atoms with Crippen LogP contribution in [-0.4, -0.2) is 32.3 Å². The number of carbonyl (C=O) groups excluding carboxylic acids is 1. The van der Waals surface area contributed by atoms with Gasteiger partial charge < -0.3 is 10.4 Å². The maximum absolute atomic E-state index is 12.9. The molecule has 1 aromatic heterocycles. The van der Waals surface area contributed by atoms with Gasteiger partial charge in [-0.05, 0) is 51.2 Å². The summed E-state index contributed by atoms with van der Waals surface area (Å²) < 4.78 is 1.85. The van der Waals surface area contributed by atoms with Gasteiger partial charge in [0.15, 0.2) is 5.69 Å². The predicted octanol–water partition coefficient (Wildman–Crippen LogP) is 2.80. The third-order valence-electron chi connectivity index (χ3n) is 5.64. The van der Waals surface area contributed by atoms with Gasteiger partial charge in [0.05, 0.1) is 5.69 Å². The Balaban J connectivity index is 1.69. The van der Waals surface area contributed by atoms with E-state index in [1.807, 2.05) is 35.9 Å². The summed E-state index contributed by atoms with van der Waals surface area (Å²) in [5.41, 5.74) is 3.36. The van der Waals surface area contributed by atoms with Crippen molar-refractivity contribution in [3.05, 3.63) is 46.8 Å². The van der Waals surface area contributed by atoms with Crippen molar-refractivity contribution >= 4 is 11.9 Å². The fourth-order valence-corrected chi connectivity index (χ4v) is 4.17. The third kappa shape index (κ3) is 2.69. The lowest BCUT2D eigenvalue weighted by molar-refractivity contribution is -0.144. The maximum atomic E-state index is 12.9. The van der Waals surface area contributed by atoms with Crippen molar-refractivity contribution in [2.24, 2.45) is 0 Å². The number of fused-ring (bicyclic) bond motifs is 1. The number of aliphatic carboxylic acids is 1. The molecule has 2 N–H and O–H groups in total. The van der Waals surface area contributed by atoms with Crippen LogP contribution in [-0.2, 0) is 17.6 Å². The number of aryl methyl sites for hydroxylation is 1. The Bertz CT molecular complexity index is 861. The van der Waals surface area contributed by atoms with Gasteiger partial charge in [-0.15, -0.1) is 0 Å². The number of hydrogen-bond donors (Lipinski definition) is 2. The first-order chi connectivity index (χ1) is 12.5. The molecule has 6 nitrogen and oxygen atoms in total. The summed E-state index contributed by atoms with van der Waals surface area (Å²) in [6.45, 7) is 2.03. The zero-order chi connectivity index (χ0) is 18.3. The molecule has 4 rings (SSSR count). The minimum absolute atomic E-state index is 0.363. The Kier molecular flexibility index (Phi) is 4.05. The van der Waals surface area contributed by atoms with Crippen LogP contribution in [0.5, 0.6) is 0 Å². The highest BCUT2D eigenvalue weighted by Crippen LogP contribution is 2.32. The van der Waals surface area contributed by atoms with Crippen molar-refractivity contribution in [1.82, 2.24) is 15.1 Å². The number of benzene rings is 1. The van der Waals surface area contributed by atoms with Crippen LogP contribution in [0.2, 0.25) is 0 Å². The van der Waals surface area contributed by atoms with E-state index in [1.54, 1.807) is 0 Å². The van der Waals surface area contributed by atoms with Gasteiger partial charge in [0, 0.05) is 11.3 Å². The second kappa shape index (κ2) is 6.27. The molecule has 1 heterocycles. The van der Waals surface area contributed by atoms with Crippen LogP contribution >= 0.6 is 0 Å². The summed E-state index contributed by atoms with van der Waals surface area (Å²) in [6, 6.07) is 8.04. The molecule has 2 aliphatic rings. The molecule has 0 radical (unpaired) electrons. The summed E-state index contributed by atoms with van der Waals surface area (Å²) in [6.07, 6.45) is 5.29. The monoisotopic (exact) mass is 353 g/mol. The molecule has 1 saturated carbocycles. The number of rotatable bonds is 4. The molecule has 6 heteroatoms. The first kappa shape index (κ1) is 16.8. The highest BCUT2D eigenvalue weighted by molar-refractivity contribution is 5.98. The number of nitrogens with one attached hydrogen (secondary N) is 1. The quantitative estimate of drug-likeness (QED) is 0.885. The molecule has 0 bridgehead atoms. The molecule has 136 valence electrons. The lowest BCUT2D eigenvalue weighted by Gasteiger charge is -2.24. The van der Waals surface area contributed by atoms with E-state index >= 15 is 0 Å². The number of aromatic nitrogens is 2. The van der Waals surface area contributed by atoms with E-state index in [0.29, 0.717) is 18.5 Å². The largest absolute Gasteiger partial charge is 0.480 e. The van der Waals surface area contributed by atoms with Crippen LogP contribution < -0.4 is 5.32 Å². The summed E-state index contributed by atoms with van der Waals surface area (Å²) in [5, 5.41) is 17.0. The average molecular weight is 353 g/mol. The fourth-order valence-electron chi connectivity index (χ4n) is 4.17. The van der Waals surface area contributed by atoms with Crippen molar-refractivity contribution in [2.75, 3.05) is 0 Å². The van der Waals surface area contributed by atoms with Gasteiger partial charge in [-0.3, -0.25) is 4.79 Å². The van der Waals surface area contributed by atoms with E-state index in [4.69, 9.17) is 0 Å². The van der Waals surface area contributed by atoms with Crippen LogP contribution in [0.3, 0.4) is 0 Å². The van der Waals surface area contributed by atoms with Crippen LogP contribution in [0.1, 0.15) is 59.4 Å². The molecule has 1 aromatic carbocycles. The zero-order valence-electron chi connectivity index (χ0n) is 14.9. The van der Waals surface area contributed by atoms with E-state index in [1.165, 1.54) is 5.56 Å². The predicted molar refractivity (Wildman–Crippen MR) is 96.6 cm³/mol. The second-order valence-corrected chi connectivity index (χ2v) is 7.42. The Labute approximate surface area is 152 Å². The molecule has 1 amide bonds. The third-order valence-corrected chi connectivity index (χ3v) is 5.64. The van der Waals surface area contributed by atoms with Gasteiger partial charge >= 0.3 is 5.97 Å². The smallest absolute Gasteiger partial charge is 0.329 e. The van der Waals surface area contributed by atoms with E-state index in [0.717, 1.165) is 49.0 Å². The van der Waals surface area contributed by atoms with E-state index in [2.05, 4.69) is 10.4 Å². The first-order valence-electron chi connectivity index (χ1n) is 9.24. The average Bonchev–Trinajstić information content (AvgIpc) is 3.31. The Morgan fingerprint density at radius 1 is 1.12 bits per heavy atom. The lowest BCUT2D eigenvalue weighted by Crippen LogP contribution is -2.52. The van der Waals surface area contributed by atoms with Gasteiger partial charge in [0.2, 0.25) is 0 Å². The summed E-state index contributed by atoms with van der Waals surface area (Å²) in [7, 11) is 0. The van der Waals surface area contributed by atoms with Crippen LogP contribution in [0.15, 0.2) is 24.3 Å². The normalized spacial score (nSPS) is 17.9. The number of nitrogens with zero attached hydrogens (tertiary/aromatic N) is 2. The minimum atomic E-state index is -1.14. The minimum Gasteiger partial charge on any atom is -0.480 e. The van der Waals surface area contributed by atoms with Crippen molar-refractivity contribution in [1.29, 1.82) is 0 Å². The molecule has 0 spiro atoms. The Morgan fingerprint density at radius 2 is 1.81 bits per heavy atom. The van der Waals surface area contributed by atoms with Gasteiger partial charge in [0.1, 0.15) is 5.54 Å². The second-order valence-electron chi connectivity index (χ2n) is 7.42. The molecule has 0 atom stereocenters. The Morgan fingerprint density at radius 3 is 2.46 bits per heavy atom. The van der Waals surface area contributed by atoms with Crippen molar-refractivity contribution in [2.45, 2.75) is 57.4 Å². The van der Waals surface area contributed by atoms with Gasteiger partial charge in [-0.1, -0.05) is 30.5 Å². The van der Waals surface area contributed by atoms with Gasteiger partial charge in [-0.2, -0.15) is 5.10 Å². The van der Waals surface area contributed by atoms with Crippen molar-refractivity contribution in [3.63, 3.8) is 0 Å². The van der Waals surface area contributed by atoms with Crippen LogP contribution in [0, 0.1) is 6.92 Å². The molecule has 26 heavy (non-hydrogen) atoms. The first-order valence-corrected chi connectivity index (χ1v) is 9.24. The summed E-state index contributed by atoms with van der Waals surface area (Å²) in [4.78, 5) is 24.7. The van der Waals surface area contributed by atoms with Crippen LogP contribution in [0.4, 0.5) is 0 Å². The zero-order valence-corrected chi connectivity index (χ0v) is 14.9. The molecular formula is C20H23N3O3. The van der Waals surface area contributed by atoms with Crippen molar-refractivity contribution < 1.29 is 14.7 Å². The fraction of sp³-hybridized carbons (Fsp3) is 0.450. The number of amides is 1. The molecule has 0 saturated heterocycles. The van der Waals surface area contributed by atoms with Gasteiger partial charge in [0.25, 0.3) is 5.91 Å². The topological polar surface area (TPSA) is 84.2 Å². The molecular weight excluding hydrogens is 330 g/mol. The SMILES string of the molecule is Cc1ccc(-n2nc(C(=O)NC3(C(=O)O)CCCC3)c3c2CCC3)cc1. The van der Waals surface area contributed by atoms with E-state index in [9.17, 15) is 14.7 Å². The maximum Gasteiger partial charge on any atom is 0.329 e. The Hall–Kier alpha value is -2.63. The van der Waals surface area contributed by atoms with Crippen molar-refractivity contribution in [3.8, 4) is 5.69 Å².